The molecule has 0 spiro atoms. The number of hydrogen-bond donors (Lipinski definition) is 1. The lowest BCUT2D eigenvalue weighted by Crippen LogP contribution is -2.42. The molecule has 10 heteroatoms. The molecule has 1 aliphatic carbocycles. The number of morpholine rings is 1. The zero-order valence-corrected chi connectivity index (χ0v) is 18.0. The second-order valence-electron chi connectivity index (χ2n) is 7.31. The van der Waals surface area contributed by atoms with Gasteiger partial charge in [0, 0.05) is 42.1 Å². The van der Waals surface area contributed by atoms with E-state index in [1.54, 1.807) is 0 Å². The number of nitriles is 1. The Morgan fingerprint density at radius 2 is 2.00 bits per heavy atom. The van der Waals surface area contributed by atoms with Gasteiger partial charge in [-0.2, -0.15) is 5.26 Å². The smallest absolute Gasteiger partial charge is 0.415 e. The Balaban J connectivity index is 1.82. The molecule has 3 aliphatic rings. The van der Waals surface area contributed by atoms with E-state index < -0.39 is 12.0 Å². The van der Waals surface area contributed by atoms with Gasteiger partial charge in [-0.05, 0) is 18.6 Å². The molecule has 4 rings (SSSR count). The molecule has 2 N–H and O–H groups in total. The van der Waals surface area contributed by atoms with Crippen molar-refractivity contribution in [1.29, 1.82) is 5.26 Å². The monoisotopic (exact) mass is 463 g/mol. The zero-order chi connectivity index (χ0) is 22.1. The summed E-state index contributed by atoms with van der Waals surface area (Å²) in [4.78, 5) is 27.1. The normalized spacial score (nSPS) is 21.4. The topological polar surface area (TPSA) is 115 Å². The molecule has 1 aromatic carbocycles. The Hall–Kier alpha value is -2.73. The van der Waals surface area contributed by atoms with Gasteiger partial charge in [-0.25, -0.2) is 4.79 Å². The van der Waals surface area contributed by atoms with E-state index in [0.717, 1.165) is 0 Å². The minimum atomic E-state index is -0.898. The minimum absolute atomic E-state index is 0.0280. The quantitative estimate of drug-likeness (QED) is 0.711. The molecule has 2 aliphatic heterocycles. The maximum absolute atomic E-state index is 12.8. The van der Waals surface area contributed by atoms with Crippen LogP contribution in [-0.2, 0) is 14.3 Å². The Morgan fingerprint density at radius 3 is 2.71 bits per heavy atom. The third-order valence-electron chi connectivity index (χ3n) is 5.41. The summed E-state index contributed by atoms with van der Waals surface area (Å²) in [5.41, 5.74) is 6.67. The maximum Gasteiger partial charge on any atom is 0.415 e. The second-order valence-corrected chi connectivity index (χ2v) is 8.16. The number of carbonyl (C=O) groups excluding carboxylic acids is 2. The highest BCUT2D eigenvalue weighted by Crippen LogP contribution is 2.48. The fourth-order valence-corrected chi connectivity index (χ4v) is 4.52. The molecule has 1 saturated heterocycles. The van der Waals surface area contributed by atoms with Crippen molar-refractivity contribution >= 4 is 35.1 Å². The van der Waals surface area contributed by atoms with Crippen molar-refractivity contribution < 1.29 is 23.8 Å². The fraction of sp³-hybridized carbons (Fsp3) is 0.381. The summed E-state index contributed by atoms with van der Waals surface area (Å²) in [5, 5.41) is 10.1. The SMILES string of the molecule is N#CC1=C(N)OC2=C(C(=O)CCC2)[C@@H]1c1cc(Cl)cc(Cl)c1OC(=O)N1CCOCC1. The Bertz CT molecular complexity index is 1050. The number of ether oxygens (including phenoxy) is 3. The molecule has 0 saturated carbocycles. The first kappa shape index (κ1) is 21.5. The van der Waals surface area contributed by atoms with Gasteiger partial charge in [-0.15, -0.1) is 0 Å². The van der Waals surface area contributed by atoms with E-state index >= 15 is 0 Å². The Kier molecular flexibility index (Phi) is 6.10. The van der Waals surface area contributed by atoms with Crippen LogP contribution < -0.4 is 10.5 Å². The van der Waals surface area contributed by atoms with Gasteiger partial charge in [-0.3, -0.25) is 4.79 Å². The summed E-state index contributed by atoms with van der Waals surface area (Å²) >= 11 is 12.7. The van der Waals surface area contributed by atoms with Gasteiger partial charge in [0.05, 0.1) is 24.2 Å². The van der Waals surface area contributed by atoms with Crippen LogP contribution in [0, 0.1) is 11.3 Å². The molecular weight excluding hydrogens is 445 g/mol. The van der Waals surface area contributed by atoms with E-state index in [4.69, 9.17) is 43.1 Å². The van der Waals surface area contributed by atoms with Crippen molar-refractivity contribution in [1.82, 2.24) is 4.90 Å². The van der Waals surface area contributed by atoms with Gasteiger partial charge in [0.2, 0.25) is 5.88 Å². The van der Waals surface area contributed by atoms with E-state index in [-0.39, 0.29) is 33.0 Å². The standard InChI is InChI=1S/C21H19Cl2N3O5/c22-11-8-12(19(14(23)9-11)31-21(28)26-4-6-29-7-5-26)17-13(10-24)20(25)30-16-3-1-2-15(27)18(16)17/h8-9,17H,1-7,25H2/t17-/m1/s1. The van der Waals surface area contributed by atoms with E-state index in [1.807, 2.05) is 6.07 Å². The average Bonchev–Trinajstić information content (AvgIpc) is 2.75. The van der Waals surface area contributed by atoms with Crippen LogP contribution in [0.3, 0.4) is 0 Å². The molecule has 1 atom stereocenters. The number of nitrogens with two attached hydrogens (primary N) is 1. The molecule has 1 fully saturated rings. The number of halogens is 2. The average molecular weight is 464 g/mol. The summed E-state index contributed by atoms with van der Waals surface area (Å²) in [5.74, 6) is -0.708. The van der Waals surface area contributed by atoms with Crippen LogP contribution in [0.5, 0.6) is 5.75 Å². The van der Waals surface area contributed by atoms with E-state index in [2.05, 4.69) is 0 Å². The third kappa shape index (κ3) is 4.09. The van der Waals surface area contributed by atoms with Crippen LogP contribution in [0.1, 0.15) is 30.7 Å². The summed E-state index contributed by atoms with van der Waals surface area (Å²) in [6, 6.07) is 4.99. The number of Topliss-reactive ketones (excluding diaryl/α,β-unsaturated/α-hetero) is 1. The van der Waals surface area contributed by atoms with Crippen LogP contribution in [-0.4, -0.2) is 43.1 Å². The molecule has 1 amide bonds. The van der Waals surface area contributed by atoms with Gasteiger partial charge >= 0.3 is 6.09 Å². The Morgan fingerprint density at radius 1 is 1.26 bits per heavy atom. The lowest BCUT2D eigenvalue weighted by atomic mass is 9.77. The van der Waals surface area contributed by atoms with Crippen molar-refractivity contribution in [3.05, 3.63) is 50.5 Å². The number of hydrogen-bond acceptors (Lipinski definition) is 7. The largest absolute Gasteiger partial charge is 0.444 e. The first-order valence-corrected chi connectivity index (χ1v) is 10.5. The molecule has 0 bridgehead atoms. The van der Waals surface area contributed by atoms with E-state index in [0.29, 0.717) is 62.5 Å². The lowest BCUT2D eigenvalue weighted by Gasteiger charge is -2.32. The van der Waals surface area contributed by atoms with Crippen molar-refractivity contribution in [2.45, 2.75) is 25.2 Å². The van der Waals surface area contributed by atoms with Crippen LogP contribution in [0.2, 0.25) is 10.0 Å². The van der Waals surface area contributed by atoms with E-state index in [1.165, 1.54) is 17.0 Å². The molecule has 1 aromatic rings. The van der Waals surface area contributed by atoms with Crippen molar-refractivity contribution in [2.24, 2.45) is 5.73 Å². The molecule has 0 aromatic heterocycles. The summed E-state index contributed by atoms with van der Waals surface area (Å²) in [6.07, 6.45) is 0.831. The first-order valence-electron chi connectivity index (χ1n) is 9.78. The van der Waals surface area contributed by atoms with E-state index in [9.17, 15) is 14.9 Å². The summed E-state index contributed by atoms with van der Waals surface area (Å²) in [7, 11) is 0. The molecule has 0 radical (unpaired) electrons. The van der Waals surface area contributed by atoms with Crippen molar-refractivity contribution in [3.8, 4) is 11.8 Å². The number of ketones is 1. The number of rotatable bonds is 2. The number of allylic oxidation sites excluding steroid dienone is 3. The molecule has 8 nitrogen and oxygen atoms in total. The van der Waals surface area contributed by atoms with Gasteiger partial charge < -0.3 is 24.8 Å². The predicted octanol–water partition coefficient (Wildman–Crippen LogP) is 3.64. The lowest BCUT2D eigenvalue weighted by molar-refractivity contribution is -0.116. The van der Waals surface area contributed by atoms with Crippen LogP contribution in [0.15, 0.2) is 34.9 Å². The highest BCUT2D eigenvalue weighted by atomic mass is 35.5. The van der Waals surface area contributed by atoms with Crippen molar-refractivity contribution in [3.63, 3.8) is 0 Å². The van der Waals surface area contributed by atoms with Crippen molar-refractivity contribution in [2.75, 3.05) is 26.3 Å². The summed E-state index contributed by atoms with van der Waals surface area (Å²) in [6.45, 7) is 1.55. The fourth-order valence-electron chi connectivity index (χ4n) is 3.97. The minimum Gasteiger partial charge on any atom is -0.444 e. The molecule has 162 valence electrons. The summed E-state index contributed by atoms with van der Waals surface area (Å²) < 4.78 is 16.5. The highest BCUT2D eigenvalue weighted by Gasteiger charge is 2.40. The number of carbonyl (C=O) groups is 2. The van der Waals surface area contributed by atoms with Gasteiger partial charge in [0.15, 0.2) is 11.5 Å². The predicted molar refractivity (Wildman–Crippen MR) is 111 cm³/mol. The third-order valence-corrected chi connectivity index (χ3v) is 5.91. The van der Waals surface area contributed by atoms with Crippen LogP contribution in [0.4, 0.5) is 4.79 Å². The van der Waals surface area contributed by atoms with Crippen LogP contribution >= 0.6 is 23.2 Å². The van der Waals surface area contributed by atoms with Crippen LogP contribution in [0.25, 0.3) is 0 Å². The maximum atomic E-state index is 12.8. The van der Waals surface area contributed by atoms with Gasteiger partial charge in [0.25, 0.3) is 0 Å². The molecular formula is C21H19Cl2N3O5. The number of nitrogens with zero attached hydrogens (tertiary/aromatic N) is 2. The van der Waals surface area contributed by atoms with Gasteiger partial charge in [-0.1, -0.05) is 23.2 Å². The molecule has 2 heterocycles. The van der Waals surface area contributed by atoms with Gasteiger partial charge in [0.1, 0.15) is 17.4 Å². The number of benzene rings is 1. The zero-order valence-electron chi connectivity index (χ0n) is 16.5. The Labute approximate surface area is 188 Å². The first-order chi connectivity index (χ1) is 14.9. The molecule has 0 unspecified atom stereocenters. The molecule has 31 heavy (non-hydrogen) atoms. The second kappa shape index (κ2) is 8.79. The highest BCUT2D eigenvalue weighted by molar-refractivity contribution is 6.35. The number of amides is 1.